The van der Waals surface area contributed by atoms with Gasteiger partial charge >= 0.3 is 13.2 Å². The van der Waals surface area contributed by atoms with Crippen molar-refractivity contribution in [2.24, 2.45) is 5.41 Å². The zero-order valence-corrected chi connectivity index (χ0v) is 16.4. The van der Waals surface area contributed by atoms with Gasteiger partial charge in [0.05, 0.1) is 6.04 Å². The average molecular weight is 360 g/mol. The van der Waals surface area contributed by atoms with E-state index < -0.39 is 18.8 Å². The highest BCUT2D eigenvalue weighted by Gasteiger charge is 2.36. The van der Waals surface area contributed by atoms with Gasteiger partial charge in [-0.15, -0.1) is 6.58 Å². The summed E-state index contributed by atoms with van der Waals surface area (Å²) in [4.78, 5) is 17.7. The largest absolute Gasteiger partial charge is 0.495 e. The molecule has 1 unspecified atom stereocenters. The summed E-state index contributed by atoms with van der Waals surface area (Å²) in [7, 11) is -0.479. The van der Waals surface area contributed by atoms with Crippen molar-refractivity contribution in [3.63, 3.8) is 0 Å². The maximum Gasteiger partial charge on any atom is 0.495 e. The first-order valence-corrected chi connectivity index (χ1v) is 8.86. The third-order valence-electron chi connectivity index (χ3n) is 4.32. The fraction of sp³-hybridized carbons (Fsp3) is 0.579. The first kappa shape index (κ1) is 20.5. The van der Waals surface area contributed by atoms with Crippen LogP contribution in [0, 0.1) is 5.41 Å². The van der Waals surface area contributed by atoms with Gasteiger partial charge in [-0.1, -0.05) is 26.0 Å². The van der Waals surface area contributed by atoms with Crippen LogP contribution >= 0.6 is 0 Å². The van der Waals surface area contributed by atoms with E-state index in [0.29, 0.717) is 19.6 Å². The predicted octanol–water partition coefficient (Wildman–Crippen LogP) is 3.25. The first-order chi connectivity index (χ1) is 12.0. The quantitative estimate of drug-likeness (QED) is 0.645. The van der Waals surface area contributed by atoms with Gasteiger partial charge in [-0.05, 0) is 32.8 Å². The van der Waals surface area contributed by atoms with Gasteiger partial charge in [0.1, 0.15) is 0 Å². The molecule has 0 aromatic carbocycles. The number of aromatic nitrogens is 1. The van der Waals surface area contributed by atoms with E-state index in [9.17, 15) is 9.90 Å². The molecule has 7 heteroatoms. The van der Waals surface area contributed by atoms with Crippen LogP contribution in [0.3, 0.4) is 0 Å². The lowest BCUT2D eigenvalue weighted by molar-refractivity contribution is 0.0342. The number of pyridine rings is 1. The Hall–Kier alpha value is -1.86. The van der Waals surface area contributed by atoms with Gasteiger partial charge in [-0.3, -0.25) is 9.88 Å². The number of hydrogen-bond donors (Lipinski definition) is 1. The Kier molecular flexibility index (Phi) is 6.14. The van der Waals surface area contributed by atoms with Crippen LogP contribution in [-0.2, 0) is 9.31 Å². The van der Waals surface area contributed by atoms with Gasteiger partial charge in [0.2, 0.25) is 0 Å². The van der Waals surface area contributed by atoms with E-state index in [0.717, 1.165) is 11.0 Å². The highest BCUT2D eigenvalue weighted by molar-refractivity contribution is 6.61. The van der Waals surface area contributed by atoms with Crippen LogP contribution in [-0.4, -0.2) is 47.0 Å². The number of carbonyl (C=O) groups is 1. The molecule has 1 fully saturated rings. The lowest BCUT2D eigenvalue weighted by atomic mass is 9.76. The van der Waals surface area contributed by atoms with Crippen LogP contribution in [0.5, 0.6) is 0 Å². The van der Waals surface area contributed by atoms with Crippen LogP contribution in [0.25, 0.3) is 0 Å². The summed E-state index contributed by atoms with van der Waals surface area (Å²) >= 11 is 0. The van der Waals surface area contributed by atoms with Crippen molar-refractivity contribution < 1.29 is 19.2 Å². The van der Waals surface area contributed by atoms with E-state index in [1.54, 1.807) is 18.5 Å². The number of nitrogens with zero attached hydrogens (tertiary/aromatic N) is 2. The van der Waals surface area contributed by atoms with Gasteiger partial charge < -0.3 is 14.4 Å². The molecule has 1 aromatic heterocycles. The second-order valence-electron chi connectivity index (χ2n) is 8.53. The van der Waals surface area contributed by atoms with Crippen LogP contribution in [0.4, 0.5) is 4.79 Å². The van der Waals surface area contributed by atoms with Gasteiger partial charge in [0.25, 0.3) is 0 Å². The normalized spacial score (nSPS) is 18.3. The molecular weight excluding hydrogens is 331 g/mol. The summed E-state index contributed by atoms with van der Waals surface area (Å²) in [5.41, 5.74) is 1.03. The third-order valence-corrected chi connectivity index (χ3v) is 4.32. The van der Waals surface area contributed by atoms with Gasteiger partial charge in [0, 0.05) is 42.0 Å². The van der Waals surface area contributed by atoms with Crippen molar-refractivity contribution in [1.29, 1.82) is 0 Å². The van der Waals surface area contributed by atoms with Crippen molar-refractivity contribution in [2.75, 3.05) is 13.2 Å². The summed E-state index contributed by atoms with van der Waals surface area (Å²) in [6.45, 7) is 14.8. The second kappa shape index (κ2) is 7.80. The van der Waals surface area contributed by atoms with Crippen molar-refractivity contribution in [1.82, 2.24) is 9.88 Å². The molecule has 6 nitrogen and oxygen atoms in total. The SMILES string of the molecule is C=CCC(c1cncc(B2OCC(C)(C)CO2)c1)N(C(=O)O)C(C)(C)C. The lowest BCUT2D eigenvalue weighted by Crippen LogP contribution is -2.49. The van der Waals surface area contributed by atoms with Gasteiger partial charge in [-0.2, -0.15) is 0 Å². The number of hydrogen-bond acceptors (Lipinski definition) is 4. The Balaban J connectivity index is 2.33. The molecule has 26 heavy (non-hydrogen) atoms. The van der Waals surface area contributed by atoms with Crippen molar-refractivity contribution >= 4 is 18.7 Å². The molecule has 0 saturated carbocycles. The summed E-state index contributed by atoms with van der Waals surface area (Å²) in [5.74, 6) is 0. The minimum atomic E-state index is -0.971. The van der Waals surface area contributed by atoms with E-state index in [2.05, 4.69) is 25.4 Å². The Morgan fingerprint density at radius 3 is 2.54 bits per heavy atom. The van der Waals surface area contributed by atoms with Crippen molar-refractivity contribution in [2.45, 2.75) is 52.6 Å². The summed E-state index contributed by atoms with van der Waals surface area (Å²) in [5, 5.41) is 9.76. The maximum atomic E-state index is 11.9. The Morgan fingerprint density at radius 1 is 1.42 bits per heavy atom. The molecule has 1 aliphatic heterocycles. The van der Waals surface area contributed by atoms with Crippen molar-refractivity contribution in [3.05, 3.63) is 36.7 Å². The molecule has 1 aliphatic rings. The second-order valence-corrected chi connectivity index (χ2v) is 8.53. The van der Waals surface area contributed by atoms with E-state index in [4.69, 9.17) is 9.31 Å². The molecule has 1 N–H and O–H groups in total. The van der Waals surface area contributed by atoms with E-state index in [1.165, 1.54) is 4.90 Å². The van der Waals surface area contributed by atoms with E-state index in [1.807, 2.05) is 26.8 Å². The monoisotopic (exact) mass is 360 g/mol. The van der Waals surface area contributed by atoms with Crippen LogP contribution < -0.4 is 5.46 Å². The van der Waals surface area contributed by atoms with E-state index >= 15 is 0 Å². The number of rotatable bonds is 5. The highest BCUT2D eigenvalue weighted by Crippen LogP contribution is 2.31. The van der Waals surface area contributed by atoms with E-state index in [-0.39, 0.29) is 11.5 Å². The summed E-state index contributed by atoms with van der Waals surface area (Å²) < 4.78 is 11.7. The lowest BCUT2D eigenvalue weighted by Gasteiger charge is -2.39. The minimum Gasteiger partial charge on any atom is -0.465 e. The van der Waals surface area contributed by atoms with Gasteiger partial charge in [0.15, 0.2) is 0 Å². The molecule has 2 heterocycles. The summed E-state index contributed by atoms with van der Waals surface area (Å²) in [6.07, 6.45) is 4.66. The van der Waals surface area contributed by atoms with Crippen LogP contribution in [0.15, 0.2) is 31.1 Å². The highest BCUT2D eigenvalue weighted by atomic mass is 16.6. The third kappa shape index (κ3) is 4.86. The molecular formula is C19H29BN2O4. The first-order valence-electron chi connectivity index (χ1n) is 8.86. The zero-order valence-electron chi connectivity index (χ0n) is 16.4. The molecule has 2 rings (SSSR count). The topological polar surface area (TPSA) is 71.9 Å². The minimum absolute atomic E-state index is 0.0146. The molecule has 142 valence electrons. The zero-order chi connectivity index (χ0) is 19.5. The maximum absolute atomic E-state index is 11.9. The molecule has 0 spiro atoms. The predicted molar refractivity (Wildman–Crippen MR) is 102 cm³/mol. The Labute approximate surface area is 156 Å². The molecule has 0 aliphatic carbocycles. The molecule has 0 bridgehead atoms. The molecule has 1 atom stereocenters. The van der Waals surface area contributed by atoms with Gasteiger partial charge in [-0.25, -0.2) is 4.79 Å². The number of amides is 1. The standard InChI is InChI=1S/C19H29BN2O4/c1-7-8-16(22(17(23)24)18(2,3)4)14-9-15(11-21-10-14)20-25-12-19(5,6)13-26-20/h7,9-11,16H,1,8,12-13H2,2-6H3,(H,23,24). The van der Waals surface area contributed by atoms with Crippen LogP contribution in [0.2, 0.25) is 0 Å². The van der Waals surface area contributed by atoms with Crippen LogP contribution in [0.1, 0.15) is 52.6 Å². The van der Waals surface area contributed by atoms with Crippen molar-refractivity contribution in [3.8, 4) is 0 Å². The average Bonchev–Trinajstić information content (AvgIpc) is 2.53. The summed E-state index contributed by atoms with van der Waals surface area (Å²) in [6, 6.07) is 1.55. The fourth-order valence-corrected chi connectivity index (χ4v) is 3.11. The Morgan fingerprint density at radius 2 is 2.04 bits per heavy atom. The number of carboxylic acid groups (broad SMARTS) is 1. The Bertz CT molecular complexity index is 647. The smallest absolute Gasteiger partial charge is 0.465 e. The molecule has 1 saturated heterocycles. The molecule has 0 radical (unpaired) electrons. The molecule has 1 amide bonds. The fourth-order valence-electron chi connectivity index (χ4n) is 3.11. The molecule has 1 aromatic rings.